The Morgan fingerprint density at radius 2 is 1.45 bits per heavy atom. The van der Waals surface area contributed by atoms with Crippen molar-refractivity contribution in [1.82, 2.24) is 10.3 Å². The molecule has 31 heavy (non-hydrogen) atoms. The van der Waals surface area contributed by atoms with Gasteiger partial charge in [0.25, 0.3) is 5.91 Å². The molecule has 1 unspecified atom stereocenters. The standard InChI is InChI=1S/C26H24N2O3/c1-18(31-24(29)16-21-17-27-23-15-9-8-14-22(21)23)26(30)28-25(19-10-4-2-5-11-19)20-12-6-3-7-13-20/h2-15,17-18,25,27H,16H2,1H3,(H,28,30). The number of benzene rings is 3. The number of amides is 1. The second-order valence-corrected chi connectivity index (χ2v) is 7.43. The molecule has 0 bridgehead atoms. The van der Waals surface area contributed by atoms with Gasteiger partial charge in [0.15, 0.2) is 6.10 Å². The number of aromatic nitrogens is 1. The summed E-state index contributed by atoms with van der Waals surface area (Å²) >= 11 is 0. The number of esters is 1. The number of hydrogen-bond acceptors (Lipinski definition) is 3. The van der Waals surface area contributed by atoms with Crippen molar-refractivity contribution in [2.24, 2.45) is 0 Å². The van der Waals surface area contributed by atoms with Crippen LogP contribution < -0.4 is 5.32 Å². The lowest BCUT2D eigenvalue weighted by atomic mass is 9.98. The molecule has 2 N–H and O–H groups in total. The number of hydrogen-bond donors (Lipinski definition) is 2. The zero-order valence-electron chi connectivity index (χ0n) is 17.2. The quantitative estimate of drug-likeness (QED) is 0.438. The van der Waals surface area contributed by atoms with E-state index in [1.807, 2.05) is 84.9 Å². The molecule has 1 atom stereocenters. The summed E-state index contributed by atoms with van der Waals surface area (Å²) in [7, 11) is 0. The van der Waals surface area contributed by atoms with E-state index >= 15 is 0 Å². The molecule has 0 radical (unpaired) electrons. The van der Waals surface area contributed by atoms with Gasteiger partial charge in [0, 0.05) is 17.1 Å². The van der Waals surface area contributed by atoms with Crippen LogP contribution in [0.4, 0.5) is 0 Å². The van der Waals surface area contributed by atoms with Crippen molar-refractivity contribution >= 4 is 22.8 Å². The molecule has 0 aliphatic rings. The number of carbonyl (C=O) groups is 2. The van der Waals surface area contributed by atoms with Gasteiger partial charge >= 0.3 is 5.97 Å². The van der Waals surface area contributed by atoms with Crippen LogP contribution in [0.5, 0.6) is 0 Å². The van der Waals surface area contributed by atoms with E-state index in [0.717, 1.165) is 27.6 Å². The van der Waals surface area contributed by atoms with Crippen LogP contribution in [0.3, 0.4) is 0 Å². The van der Waals surface area contributed by atoms with Gasteiger partial charge in [0.05, 0.1) is 12.5 Å². The predicted molar refractivity (Wildman–Crippen MR) is 120 cm³/mol. The van der Waals surface area contributed by atoms with Crippen LogP contribution in [0.15, 0.2) is 91.1 Å². The van der Waals surface area contributed by atoms with Crippen molar-refractivity contribution in [1.29, 1.82) is 0 Å². The number of carbonyl (C=O) groups excluding carboxylic acids is 2. The van der Waals surface area contributed by atoms with Crippen molar-refractivity contribution in [2.45, 2.75) is 25.5 Å². The van der Waals surface area contributed by atoms with Gasteiger partial charge in [-0.25, -0.2) is 0 Å². The Labute approximate surface area is 181 Å². The topological polar surface area (TPSA) is 71.2 Å². The minimum atomic E-state index is -0.910. The van der Waals surface area contributed by atoms with Crippen molar-refractivity contribution in [3.05, 3.63) is 108 Å². The summed E-state index contributed by atoms with van der Waals surface area (Å²) in [5.74, 6) is -0.784. The molecule has 156 valence electrons. The fourth-order valence-corrected chi connectivity index (χ4v) is 3.64. The summed E-state index contributed by atoms with van der Waals surface area (Å²) in [5.41, 5.74) is 3.73. The summed E-state index contributed by atoms with van der Waals surface area (Å²) < 4.78 is 5.44. The first kappa shape index (κ1) is 20.4. The van der Waals surface area contributed by atoms with E-state index in [2.05, 4.69) is 10.3 Å². The van der Waals surface area contributed by atoms with Gasteiger partial charge in [-0.2, -0.15) is 0 Å². The number of aromatic amines is 1. The Morgan fingerprint density at radius 1 is 0.871 bits per heavy atom. The van der Waals surface area contributed by atoms with Crippen LogP contribution in [0.2, 0.25) is 0 Å². The Bertz CT molecular complexity index is 1130. The molecular weight excluding hydrogens is 388 g/mol. The van der Waals surface area contributed by atoms with E-state index in [1.54, 1.807) is 13.1 Å². The zero-order chi connectivity index (χ0) is 21.6. The van der Waals surface area contributed by atoms with Crippen molar-refractivity contribution in [3.63, 3.8) is 0 Å². The third-order valence-corrected chi connectivity index (χ3v) is 5.24. The van der Waals surface area contributed by atoms with Crippen molar-refractivity contribution < 1.29 is 14.3 Å². The molecule has 0 spiro atoms. The minimum Gasteiger partial charge on any atom is -0.452 e. The average molecular weight is 412 g/mol. The van der Waals surface area contributed by atoms with Gasteiger partial charge in [-0.05, 0) is 29.7 Å². The molecule has 0 saturated carbocycles. The lowest BCUT2D eigenvalue weighted by Gasteiger charge is -2.22. The Balaban J connectivity index is 1.43. The monoisotopic (exact) mass is 412 g/mol. The number of nitrogens with one attached hydrogen (secondary N) is 2. The van der Waals surface area contributed by atoms with Crippen LogP contribution in [0.1, 0.15) is 29.7 Å². The smallest absolute Gasteiger partial charge is 0.311 e. The molecule has 3 aromatic carbocycles. The molecule has 1 amide bonds. The first-order chi connectivity index (χ1) is 15.1. The molecule has 0 aliphatic carbocycles. The summed E-state index contributed by atoms with van der Waals surface area (Å²) in [4.78, 5) is 28.5. The molecule has 0 aliphatic heterocycles. The SMILES string of the molecule is CC(OC(=O)Cc1c[nH]c2ccccc12)C(=O)NC(c1ccccc1)c1ccccc1. The van der Waals surface area contributed by atoms with Crippen LogP contribution in [-0.4, -0.2) is 23.0 Å². The maximum atomic E-state index is 12.9. The number of rotatable bonds is 7. The van der Waals surface area contributed by atoms with Crippen LogP contribution in [0.25, 0.3) is 10.9 Å². The third kappa shape index (κ3) is 4.83. The lowest BCUT2D eigenvalue weighted by molar-refractivity contribution is -0.154. The van der Waals surface area contributed by atoms with E-state index in [1.165, 1.54) is 0 Å². The van der Waals surface area contributed by atoms with Gasteiger partial charge < -0.3 is 15.0 Å². The summed E-state index contributed by atoms with van der Waals surface area (Å²) in [5, 5.41) is 4.00. The van der Waals surface area contributed by atoms with Gasteiger partial charge in [-0.15, -0.1) is 0 Å². The summed E-state index contributed by atoms with van der Waals surface area (Å²) in [6, 6.07) is 26.9. The summed E-state index contributed by atoms with van der Waals surface area (Å²) in [6.45, 7) is 1.59. The second-order valence-electron chi connectivity index (χ2n) is 7.43. The van der Waals surface area contributed by atoms with Crippen molar-refractivity contribution in [2.75, 3.05) is 0 Å². The second kappa shape index (κ2) is 9.30. The fourth-order valence-electron chi connectivity index (χ4n) is 3.64. The van der Waals surface area contributed by atoms with Gasteiger partial charge in [0.1, 0.15) is 0 Å². The first-order valence-corrected chi connectivity index (χ1v) is 10.3. The highest BCUT2D eigenvalue weighted by Crippen LogP contribution is 2.22. The molecule has 0 saturated heterocycles. The number of fused-ring (bicyclic) bond motifs is 1. The molecule has 5 nitrogen and oxygen atoms in total. The van der Waals surface area contributed by atoms with Crippen molar-refractivity contribution in [3.8, 4) is 0 Å². The zero-order valence-corrected chi connectivity index (χ0v) is 17.2. The highest BCUT2D eigenvalue weighted by molar-refractivity contribution is 5.89. The minimum absolute atomic E-state index is 0.0996. The summed E-state index contributed by atoms with van der Waals surface area (Å²) in [6.07, 6.45) is 0.993. The Hall–Kier alpha value is -3.86. The van der Waals surface area contributed by atoms with E-state index in [4.69, 9.17) is 4.74 Å². The van der Waals surface area contributed by atoms with Crippen LogP contribution >= 0.6 is 0 Å². The van der Waals surface area contributed by atoms with Crippen LogP contribution in [-0.2, 0) is 20.7 Å². The predicted octanol–water partition coefficient (Wildman–Crippen LogP) is 4.55. The molecular formula is C26H24N2O3. The molecule has 1 heterocycles. The fraction of sp³-hybridized carbons (Fsp3) is 0.154. The lowest BCUT2D eigenvalue weighted by Crippen LogP contribution is -2.38. The van der Waals surface area contributed by atoms with Crippen LogP contribution in [0, 0.1) is 0 Å². The molecule has 4 rings (SSSR count). The van der Waals surface area contributed by atoms with E-state index < -0.39 is 12.1 Å². The number of ether oxygens (including phenoxy) is 1. The molecule has 0 fully saturated rings. The maximum Gasteiger partial charge on any atom is 0.311 e. The molecule has 5 heteroatoms. The average Bonchev–Trinajstić information content (AvgIpc) is 3.21. The largest absolute Gasteiger partial charge is 0.452 e. The Morgan fingerprint density at radius 3 is 2.10 bits per heavy atom. The van der Waals surface area contributed by atoms with E-state index in [0.29, 0.717) is 0 Å². The maximum absolute atomic E-state index is 12.9. The highest BCUT2D eigenvalue weighted by Gasteiger charge is 2.23. The first-order valence-electron chi connectivity index (χ1n) is 10.3. The molecule has 1 aromatic heterocycles. The van der Waals surface area contributed by atoms with Gasteiger partial charge in [-0.3, -0.25) is 9.59 Å². The van der Waals surface area contributed by atoms with Gasteiger partial charge in [-0.1, -0.05) is 78.9 Å². The van der Waals surface area contributed by atoms with E-state index in [9.17, 15) is 9.59 Å². The van der Waals surface area contributed by atoms with E-state index in [-0.39, 0.29) is 18.4 Å². The molecule has 4 aromatic rings. The highest BCUT2D eigenvalue weighted by atomic mass is 16.5. The third-order valence-electron chi connectivity index (χ3n) is 5.24. The normalized spacial score (nSPS) is 11.9. The number of H-pyrrole nitrogens is 1. The Kier molecular flexibility index (Phi) is 6.13. The number of para-hydroxylation sites is 1. The van der Waals surface area contributed by atoms with Gasteiger partial charge in [0.2, 0.25) is 0 Å².